The predicted octanol–water partition coefficient (Wildman–Crippen LogP) is 4.92. The maximum atomic E-state index is 12.6. The monoisotopic (exact) mass is 339 g/mol. The smallest absolute Gasteiger partial charge is 0.179 e. The topological polar surface area (TPSA) is 20.3 Å². The number of nitrogens with zero attached hydrogens (tertiary/aromatic N) is 1. The molecule has 0 saturated heterocycles. The summed E-state index contributed by atoms with van der Waals surface area (Å²) in [5.41, 5.74) is 0.797. The van der Waals surface area contributed by atoms with Crippen LogP contribution in [0.2, 0.25) is 0 Å². The van der Waals surface area contributed by atoms with Crippen LogP contribution in [0.15, 0.2) is 28.7 Å². The van der Waals surface area contributed by atoms with Crippen molar-refractivity contribution < 1.29 is 4.79 Å². The summed E-state index contributed by atoms with van der Waals surface area (Å²) < 4.78 is 1.01. The number of hydrogen-bond acceptors (Lipinski definition) is 2. The Morgan fingerprint density at radius 1 is 1.20 bits per heavy atom. The number of carbonyl (C=O) groups excluding carboxylic acids is 1. The van der Waals surface area contributed by atoms with Gasteiger partial charge in [0, 0.05) is 16.1 Å². The van der Waals surface area contributed by atoms with Crippen molar-refractivity contribution in [3.8, 4) is 0 Å². The van der Waals surface area contributed by atoms with Gasteiger partial charge < -0.3 is 0 Å². The largest absolute Gasteiger partial charge is 0.292 e. The van der Waals surface area contributed by atoms with Crippen LogP contribution in [0, 0.1) is 0 Å². The Kier molecular flexibility index (Phi) is 7.46. The van der Waals surface area contributed by atoms with Crippen LogP contribution < -0.4 is 0 Å². The molecule has 0 radical (unpaired) electrons. The minimum atomic E-state index is -0.0577. The van der Waals surface area contributed by atoms with Crippen LogP contribution in [-0.2, 0) is 0 Å². The third kappa shape index (κ3) is 4.71. The second-order valence-electron chi connectivity index (χ2n) is 5.40. The third-order valence-electron chi connectivity index (χ3n) is 3.93. The second kappa shape index (κ2) is 8.58. The van der Waals surface area contributed by atoms with Crippen molar-refractivity contribution in [3.63, 3.8) is 0 Å². The zero-order valence-corrected chi connectivity index (χ0v) is 14.6. The highest BCUT2D eigenvalue weighted by Crippen LogP contribution is 2.17. The van der Waals surface area contributed by atoms with Crippen LogP contribution in [0.5, 0.6) is 0 Å². The second-order valence-corrected chi connectivity index (χ2v) is 6.31. The molecule has 2 nitrogen and oxygen atoms in total. The summed E-state index contributed by atoms with van der Waals surface area (Å²) in [6.07, 6.45) is 3.37. The number of Topliss-reactive ketones (excluding diaryl/α,β-unsaturated/α-hetero) is 1. The number of benzene rings is 1. The van der Waals surface area contributed by atoms with Crippen LogP contribution in [0.1, 0.15) is 57.3 Å². The Labute approximate surface area is 131 Å². The zero-order chi connectivity index (χ0) is 15.1. The average Bonchev–Trinajstić information content (AvgIpc) is 2.47. The number of rotatable bonds is 8. The van der Waals surface area contributed by atoms with Gasteiger partial charge in [-0.2, -0.15) is 0 Å². The zero-order valence-electron chi connectivity index (χ0n) is 13.0. The number of ketones is 1. The van der Waals surface area contributed by atoms with E-state index in [1.807, 2.05) is 31.2 Å². The Morgan fingerprint density at radius 3 is 2.30 bits per heavy atom. The van der Waals surface area contributed by atoms with Crippen LogP contribution >= 0.6 is 15.9 Å². The van der Waals surface area contributed by atoms with E-state index in [2.05, 4.69) is 41.6 Å². The molecule has 0 bridgehead atoms. The molecule has 1 aromatic rings. The molecule has 0 amide bonds. The van der Waals surface area contributed by atoms with Gasteiger partial charge in [-0.3, -0.25) is 9.69 Å². The minimum absolute atomic E-state index is 0.0577. The molecule has 0 fully saturated rings. The lowest BCUT2D eigenvalue weighted by molar-refractivity contribution is 0.0766. The molecule has 0 aromatic heterocycles. The molecule has 112 valence electrons. The van der Waals surface area contributed by atoms with Gasteiger partial charge in [0.15, 0.2) is 5.78 Å². The maximum absolute atomic E-state index is 12.6. The van der Waals surface area contributed by atoms with Crippen molar-refractivity contribution in [2.75, 3.05) is 6.54 Å². The van der Waals surface area contributed by atoms with Gasteiger partial charge in [0.1, 0.15) is 0 Å². The van der Waals surface area contributed by atoms with Gasteiger partial charge in [0.05, 0.1) is 6.04 Å². The van der Waals surface area contributed by atoms with E-state index in [1.54, 1.807) is 0 Å². The van der Waals surface area contributed by atoms with Gasteiger partial charge in [-0.25, -0.2) is 0 Å². The fourth-order valence-corrected chi connectivity index (χ4v) is 2.64. The number of hydrogen-bond donors (Lipinski definition) is 0. The molecule has 3 heteroatoms. The summed E-state index contributed by atoms with van der Waals surface area (Å²) in [5.74, 6) is 0.217. The van der Waals surface area contributed by atoms with Crippen molar-refractivity contribution in [2.45, 2.75) is 59.0 Å². The van der Waals surface area contributed by atoms with Crippen LogP contribution in [0.4, 0.5) is 0 Å². The lowest BCUT2D eigenvalue weighted by Gasteiger charge is -2.33. The van der Waals surface area contributed by atoms with Gasteiger partial charge >= 0.3 is 0 Å². The number of halogens is 1. The molecule has 0 aliphatic rings. The molecule has 1 rings (SSSR count). The van der Waals surface area contributed by atoms with Crippen molar-refractivity contribution in [1.82, 2.24) is 4.90 Å². The van der Waals surface area contributed by atoms with Crippen molar-refractivity contribution >= 4 is 21.7 Å². The normalized spacial score (nSPS) is 14.3. The predicted molar refractivity (Wildman–Crippen MR) is 89.3 cm³/mol. The van der Waals surface area contributed by atoms with Gasteiger partial charge in [0.25, 0.3) is 0 Å². The van der Waals surface area contributed by atoms with Crippen LogP contribution in [-0.4, -0.2) is 29.3 Å². The molecule has 20 heavy (non-hydrogen) atoms. The lowest BCUT2D eigenvalue weighted by Crippen LogP contribution is -2.44. The standard InChI is InChI=1S/C17H26BrNO/c1-5-7-12-19(13(3)6-2)14(4)17(20)15-8-10-16(18)11-9-15/h8-11,13-14H,5-7,12H2,1-4H3. The highest BCUT2D eigenvalue weighted by molar-refractivity contribution is 9.10. The first kappa shape index (κ1) is 17.4. The Bertz CT molecular complexity index is 416. The summed E-state index contributed by atoms with van der Waals surface area (Å²) in [5, 5.41) is 0. The van der Waals surface area contributed by atoms with Gasteiger partial charge in [-0.05, 0) is 45.4 Å². The van der Waals surface area contributed by atoms with E-state index >= 15 is 0 Å². The fourth-order valence-electron chi connectivity index (χ4n) is 2.38. The Morgan fingerprint density at radius 2 is 1.80 bits per heavy atom. The molecular formula is C17H26BrNO. The molecule has 0 saturated carbocycles. The first-order chi connectivity index (χ1) is 9.51. The Hall–Kier alpha value is -0.670. The van der Waals surface area contributed by atoms with E-state index in [0.29, 0.717) is 6.04 Å². The molecule has 0 heterocycles. The molecule has 0 aliphatic heterocycles. The molecular weight excluding hydrogens is 314 g/mol. The third-order valence-corrected chi connectivity index (χ3v) is 4.46. The van der Waals surface area contributed by atoms with E-state index in [9.17, 15) is 4.79 Å². The molecule has 0 aliphatic carbocycles. The quantitative estimate of drug-likeness (QED) is 0.626. The fraction of sp³-hybridized carbons (Fsp3) is 0.588. The molecule has 0 N–H and O–H groups in total. The Balaban J connectivity index is 2.84. The van der Waals surface area contributed by atoms with Gasteiger partial charge in [-0.15, -0.1) is 0 Å². The molecule has 1 aromatic carbocycles. The summed E-state index contributed by atoms with van der Waals surface area (Å²) in [4.78, 5) is 15.0. The van der Waals surface area contributed by atoms with E-state index in [1.165, 1.54) is 0 Å². The van der Waals surface area contributed by atoms with E-state index in [-0.39, 0.29) is 11.8 Å². The van der Waals surface area contributed by atoms with Crippen LogP contribution in [0.3, 0.4) is 0 Å². The maximum Gasteiger partial charge on any atom is 0.179 e. The highest BCUT2D eigenvalue weighted by atomic mass is 79.9. The summed E-state index contributed by atoms with van der Waals surface area (Å²) in [6, 6.07) is 8.04. The van der Waals surface area contributed by atoms with Gasteiger partial charge in [0.2, 0.25) is 0 Å². The van der Waals surface area contributed by atoms with Gasteiger partial charge in [-0.1, -0.05) is 48.3 Å². The van der Waals surface area contributed by atoms with E-state index < -0.39 is 0 Å². The SMILES string of the molecule is CCCCN(C(C)CC)C(C)C(=O)c1ccc(Br)cc1. The minimum Gasteiger partial charge on any atom is -0.292 e. The molecule has 2 atom stereocenters. The molecule has 2 unspecified atom stereocenters. The molecule has 0 spiro atoms. The van der Waals surface area contributed by atoms with Crippen molar-refractivity contribution in [1.29, 1.82) is 0 Å². The summed E-state index contributed by atoms with van der Waals surface area (Å²) in [7, 11) is 0. The lowest BCUT2D eigenvalue weighted by atomic mass is 10.0. The summed E-state index contributed by atoms with van der Waals surface area (Å²) >= 11 is 3.41. The average molecular weight is 340 g/mol. The van der Waals surface area contributed by atoms with Crippen LogP contribution in [0.25, 0.3) is 0 Å². The van der Waals surface area contributed by atoms with E-state index in [4.69, 9.17) is 0 Å². The first-order valence-corrected chi connectivity index (χ1v) is 8.36. The van der Waals surface area contributed by atoms with Crippen molar-refractivity contribution in [2.24, 2.45) is 0 Å². The number of unbranched alkanes of at least 4 members (excludes halogenated alkanes) is 1. The summed E-state index contributed by atoms with van der Waals surface area (Å²) in [6.45, 7) is 9.61. The highest BCUT2D eigenvalue weighted by Gasteiger charge is 2.25. The number of carbonyl (C=O) groups is 1. The first-order valence-electron chi connectivity index (χ1n) is 7.56. The van der Waals surface area contributed by atoms with Crippen molar-refractivity contribution in [3.05, 3.63) is 34.3 Å². The van der Waals surface area contributed by atoms with E-state index in [0.717, 1.165) is 35.8 Å².